The molecule has 0 aromatic heterocycles. The number of amides is 2. The van der Waals surface area contributed by atoms with Gasteiger partial charge in [-0.15, -0.1) is 0 Å². The number of nitrogens with one attached hydrogen (secondary N) is 2. The first-order chi connectivity index (χ1) is 16.1. The number of benzene rings is 2. The highest BCUT2D eigenvalue weighted by atomic mass is 16.5. The van der Waals surface area contributed by atoms with Crippen molar-refractivity contribution in [3.63, 3.8) is 0 Å². The molecule has 0 bridgehead atoms. The first-order valence-corrected chi connectivity index (χ1v) is 11.5. The van der Waals surface area contributed by atoms with Gasteiger partial charge >= 0.3 is 0 Å². The smallest absolute Gasteiger partial charge is 0.226 e. The molecule has 4 rings (SSSR count). The third-order valence-electron chi connectivity index (χ3n) is 5.95. The predicted octanol–water partition coefficient (Wildman–Crippen LogP) is 2.57. The third kappa shape index (κ3) is 6.24. The summed E-state index contributed by atoms with van der Waals surface area (Å²) in [7, 11) is 0. The zero-order valence-corrected chi connectivity index (χ0v) is 19.1. The van der Waals surface area contributed by atoms with Gasteiger partial charge in [-0.05, 0) is 23.8 Å². The van der Waals surface area contributed by atoms with Gasteiger partial charge in [0.15, 0.2) is 0 Å². The van der Waals surface area contributed by atoms with Gasteiger partial charge in [-0.3, -0.25) is 9.59 Å². The van der Waals surface area contributed by atoms with E-state index in [0.29, 0.717) is 13.2 Å². The summed E-state index contributed by atoms with van der Waals surface area (Å²) in [5.74, 6) is -0.313. The number of carbonyl (C=O) groups is 2. The van der Waals surface area contributed by atoms with E-state index in [9.17, 15) is 9.59 Å². The van der Waals surface area contributed by atoms with Gasteiger partial charge in [0.1, 0.15) is 0 Å². The van der Waals surface area contributed by atoms with Crippen LogP contribution in [0.1, 0.15) is 24.9 Å². The zero-order chi connectivity index (χ0) is 23.0. The van der Waals surface area contributed by atoms with Crippen LogP contribution in [-0.2, 0) is 19.1 Å². The summed E-state index contributed by atoms with van der Waals surface area (Å²) in [6, 6.07) is 15.4. The molecule has 0 radical (unpaired) electrons. The van der Waals surface area contributed by atoms with E-state index in [0.717, 1.165) is 62.0 Å². The van der Waals surface area contributed by atoms with Crippen molar-refractivity contribution in [1.82, 2.24) is 5.32 Å². The summed E-state index contributed by atoms with van der Waals surface area (Å²) in [4.78, 5) is 29.4. The van der Waals surface area contributed by atoms with Gasteiger partial charge in [0.05, 0.1) is 50.3 Å². The molecular weight excluding hydrogens is 420 g/mol. The van der Waals surface area contributed by atoms with Crippen LogP contribution in [0.3, 0.4) is 0 Å². The summed E-state index contributed by atoms with van der Waals surface area (Å²) in [6.45, 7) is 7.47. The molecule has 0 saturated carbocycles. The highest BCUT2D eigenvalue weighted by Crippen LogP contribution is 2.32. The van der Waals surface area contributed by atoms with Gasteiger partial charge in [-0.2, -0.15) is 0 Å². The number of carbonyl (C=O) groups excluding carboxylic acids is 2. The minimum Gasteiger partial charge on any atom is -0.378 e. The molecule has 2 heterocycles. The fourth-order valence-electron chi connectivity index (χ4n) is 4.28. The number of ether oxygens (including phenoxy) is 2. The van der Waals surface area contributed by atoms with Crippen LogP contribution in [0.25, 0.3) is 0 Å². The number of hydrogen-bond acceptors (Lipinski definition) is 6. The van der Waals surface area contributed by atoms with Crippen molar-refractivity contribution in [3.8, 4) is 0 Å². The maximum atomic E-state index is 13.1. The minimum absolute atomic E-state index is 0.147. The van der Waals surface area contributed by atoms with E-state index < -0.39 is 0 Å². The lowest BCUT2D eigenvalue weighted by atomic mass is 10.0. The maximum Gasteiger partial charge on any atom is 0.226 e. The number of nitrogens with zero attached hydrogens (tertiary/aromatic N) is 2. The fourth-order valence-corrected chi connectivity index (χ4v) is 4.28. The third-order valence-corrected chi connectivity index (χ3v) is 5.95. The van der Waals surface area contributed by atoms with Crippen molar-refractivity contribution in [2.24, 2.45) is 0 Å². The van der Waals surface area contributed by atoms with Crippen LogP contribution in [0.15, 0.2) is 48.5 Å². The molecule has 8 heteroatoms. The first-order valence-electron chi connectivity index (χ1n) is 11.5. The van der Waals surface area contributed by atoms with E-state index in [1.807, 2.05) is 42.5 Å². The summed E-state index contributed by atoms with van der Waals surface area (Å²) in [5, 5.41) is 5.99. The molecular formula is C25H32N4O4. The van der Waals surface area contributed by atoms with Crippen LogP contribution < -0.4 is 20.4 Å². The van der Waals surface area contributed by atoms with E-state index in [4.69, 9.17) is 9.47 Å². The Balaban J connectivity index is 1.53. The van der Waals surface area contributed by atoms with Crippen molar-refractivity contribution >= 4 is 28.9 Å². The van der Waals surface area contributed by atoms with Gasteiger partial charge < -0.3 is 29.9 Å². The van der Waals surface area contributed by atoms with Crippen LogP contribution in [0.4, 0.5) is 17.1 Å². The topological polar surface area (TPSA) is 83.1 Å². The Bertz CT molecular complexity index is 941. The lowest BCUT2D eigenvalue weighted by Crippen LogP contribution is -2.38. The average Bonchev–Trinajstić information content (AvgIpc) is 2.85. The van der Waals surface area contributed by atoms with Gasteiger partial charge in [0, 0.05) is 38.8 Å². The Morgan fingerprint density at radius 3 is 2.18 bits per heavy atom. The molecule has 8 nitrogen and oxygen atoms in total. The summed E-state index contributed by atoms with van der Waals surface area (Å²) in [5.41, 5.74) is 3.79. The standard InChI is InChI=1S/C25H32N4O4/c1-19(30)26-23(20-5-3-2-4-6-20)18-25(31)27-22-8-7-21(28-9-13-32-14-10-28)17-24(22)29-11-15-33-16-12-29/h2-8,17,23H,9-16,18H2,1H3,(H,26,30)(H,27,31)/t23-/m0/s1. The van der Waals surface area contributed by atoms with Gasteiger partial charge in [-0.25, -0.2) is 0 Å². The van der Waals surface area contributed by atoms with Gasteiger partial charge in [-0.1, -0.05) is 30.3 Å². The lowest BCUT2D eigenvalue weighted by molar-refractivity contribution is -0.120. The van der Waals surface area contributed by atoms with Crippen molar-refractivity contribution in [1.29, 1.82) is 0 Å². The second kappa shape index (κ2) is 11.2. The normalized spacial score (nSPS) is 17.4. The minimum atomic E-state index is -0.386. The van der Waals surface area contributed by atoms with E-state index in [1.165, 1.54) is 6.92 Å². The molecule has 0 aliphatic carbocycles. The van der Waals surface area contributed by atoms with Crippen LogP contribution in [0.2, 0.25) is 0 Å². The van der Waals surface area contributed by atoms with E-state index >= 15 is 0 Å². The molecule has 2 amide bonds. The molecule has 2 aromatic carbocycles. The van der Waals surface area contributed by atoms with E-state index in [1.54, 1.807) is 0 Å². The number of anilines is 3. The second-order valence-electron chi connectivity index (χ2n) is 8.32. The lowest BCUT2D eigenvalue weighted by Gasteiger charge is -2.33. The Morgan fingerprint density at radius 2 is 1.55 bits per heavy atom. The molecule has 2 aliphatic rings. The highest BCUT2D eigenvalue weighted by molar-refractivity contribution is 5.95. The molecule has 1 atom stereocenters. The molecule has 0 unspecified atom stereocenters. The van der Waals surface area contributed by atoms with Crippen LogP contribution in [-0.4, -0.2) is 64.4 Å². The Kier molecular flexibility index (Phi) is 7.80. The maximum absolute atomic E-state index is 13.1. The molecule has 2 aliphatic heterocycles. The Morgan fingerprint density at radius 1 is 0.909 bits per heavy atom. The molecule has 2 N–H and O–H groups in total. The average molecular weight is 453 g/mol. The summed E-state index contributed by atoms with van der Waals surface area (Å²) >= 11 is 0. The molecule has 176 valence electrons. The number of hydrogen-bond donors (Lipinski definition) is 2. The molecule has 2 aromatic rings. The molecule has 2 saturated heterocycles. The van der Waals surface area contributed by atoms with E-state index in [-0.39, 0.29) is 24.3 Å². The Labute approximate surface area is 194 Å². The van der Waals surface area contributed by atoms with Crippen molar-refractivity contribution in [3.05, 3.63) is 54.1 Å². The number of rotatable bonds is 7. The van der Waals surface area contributed by atoms with E-state index in [2.05, 4.69) is 26.5 Å². The van der Waals surface area contributed by atoms with Crippen LogP contribution in [0.5, 0.6) is 0 Å². The molecule has 33 heavy (non-hydrogen) atoms. The largest absolute Gasteiger partial charge is 0.378 e. The van der Waals surface area contributed by atoms with Crippen molar-refractivity contribution in [2.45, 2.75) is 19.4 Å². The highest BCUT2D eigenvalue weighted by Gasteiger charge is 2.22. The second-order valence-corrected chi connectivity index (χ2v) is 8.32. The summed E-state index contributed by atoms with van der Waals surface area (Å²) < 4.78 is 11.0. The van der Waals surface area contributed by atoms with Crippen molar-refractivity contribution < 1.29 is 19.1 Å². The van der Waals surface area contributed by atoms with Gasteiger partial charge in [0.2, 0.25) is 11.8 Å². The number of morpholine rings is 2. The monoisotopic (exact) mass is 452 g/mol. The zero-order valence-electron chi connectivity index (χ0n) is 19.1. The van der Waals surface area contributed by atoms with Crippen LogP contribution >= 0.6 is 0 Å². The van der Waals surface area contributed by atoms with Crippen LogP contribution in [0, 0.1) is 0 Å². The van der Waals surface area contributed by atoms with Crippen molar-refractivity contribution in [2.75, 3.05) is 67.7 Å². The quantitative estimate of drug-likeness (QED) is 0.672. The fraction of sp³-hybridized carbons (Fsp3) is 0.440. The first kappa shape index (κ1) is 23.1. The molecule has 2 fully saturated rings. The SMILES string of the molecule is CC(=O)N[C@@H](CC(=O)Nc1ccc(N2CCOCC2)cc1N1CCOCC1)c1ccccc1. The molecule has 0 spiro atoms. The summed E-state index contributed by atoms with van der Waals surface area (Å²) in [6.07, 6.45) is 0.150. The van der Waals surface area contributed by atoms with Gasteiger partial charge in [0.25, 0.3) is 0 Å². The Hall–Kier alpha value is -3.10. The predicted molar refractivity (Wildman–Crippen MR) is 129 cm³/mol.